The minimum Gasteiger partial charge on any atom is -0.468 e. The van der Waals surface area contributed by atoms with Crippen LogP contribution < -0.4 is 5.32 Å². The highest BCUT2D eigenvalue weighted by atomic mass is 16.3. The van der Waals surface area contributed by atoms with Crippen LogP contribution >= 0.6 is 0 Å². The molecule has 2 nitrogen and oxygen atoms in total. The Balaban J connectivity index is 1.85. The fourth-order valence-electron chi connectivity index (χ4n) is 2.92. The Morgan fingerprint density at radius 1 is 1.44 bits per heavy atom. The van der Waals surface area contributed by atoms with Gasteiger partial charge in [0.25, 0.3) is 0 Å². The van der Waals surface area contributed by atoms with Gasteiger partial charge in [-0.05, 0) is 43.2 Å². The van der Waals surface area contributed by atoms with E-state index >= 15 is 0 Å². The Morgan fingerprint density at radius 3 is 2.81 bits per heavy atom. The Hall–Kier alpha value is -0.760. The van der Waals surface area contributed by atoms with Crippen LogP contribution in [-0.4, -0.2) is 6.04 Å². The van der Waals surface area contributed by atoms with Gasteiger partial charge in [0, 0.05) is 6.04 Å². The molecule has 0 aliphatic heterocycles. The summed E-state index contributed by atoms with van der Waals surface area (Å²) in [5.74, 6) is 2.81. The number of hydrogen-bond donors (Lipinski definition) is 1. The number of furan rings is 1. The summed E-state index contributed by atoms with van der Waals surface area (Å²) in [4.78, 5) is 0. The van der Waals surface area contributed by atoms with Crippen LogP contribution in [0.15, 0.2) is 16.7 Å². The van der Waals surface area contributed by atoms with Crippen molar-refractivity contribution in [1.29, 1.82) is 0 Å². The molecule has 0 amide bonds. The molecule has 0 bridgehead atoms. The normalized spacial score (nSPS) is 29.8. The van der Waals surface area contributed by atoms with Gasteiger partial charge in [-0.3, -0.25) is 0 Å². The Kier molecular flexibility index (Phi) is 3.70. The van der Waals surface area contributed by atoms with Crippen molar-refractivity contribution in [2.75, 3.05) is 0 Å². The molecule has 1 heterocycles. The van der Waals surface area contributed by atoms with Crippen LogP contribution in [-0.2, 0) is 6.54 Å². The third-order valence-corrected chi connectivity index (χ3v) is 4.24. The Morgan fingerprint density at radius 2 is 2.25 bits per heavy atom. The topological polar surface area (TPSA) is 25.2 Å². The average molecular weight is 221 g/mol. The van der Waals surface area contributed by atoms with Crippen molar-refractivity contribution in [1.82, 2.24) is 5.32 Å². The van der Waals surface area contributed by atoms with Gasteiger partial charge in [0.05, 0.1) is 12.8 Å². The van der Waals surface area contributed by atoms with Gasteiger partial charge < -0.3 is 9.73 Å². The van der Waals surface area contributed by atoms with E-state index in [1.807, 2.05) is 6.07 Å². The van der Waals surface area contributed by atoms with Crippen LogP contribution in [0.1, 0.15) is 44.4 Å². The molecule has 0 spiro atoms. The molecule has 1 aromatic rings. The SMILES string of the molecule is CCC1CCC(NCc2occc2C)C1C. The second-order valence-electron chi connectivity index (χ2n) is 5.12. The first kappa shape index (κ1) is 11.7. The number of rotatable bonds is 4. The molecule has 2 heteroatoms. The quantitative estimate of drug-likeness (QED) is 0.841. The van der Waals surface area contributed by atoms with Gasteiger partial charge >= 0.3 is 0 Å². The van der Waals surface area contributed by atoms with E-state index in [1.165, 1.54) is 24.8 Å². The lowest BCUT2D eigenvalue weighted by molar-refractivity contribution is 0.335. The molecule has 3 atom stereocenters. The van der Waals surface area contributed by atoms with Gasteiger partial charge in [-0.1, -0.05) is 20.3 Å². The van der Waals surface area contributed by atoms with Crippen molar-refractivity contribution in [3.05, 3.63) is 23.7 Å². The lowest BCUT2D eigenvalue weighted by atomic mass is 9.93. The van der Waals surface area contributed by atoms with Crippen molar-refractivity contribution in [2.45, 2.75) is 52.6 Å². The lowest BCUT2D eigenvalue weighted by Crippen LogP contribution is -2.32. The zero-order valence-corrected chi connectivity index (χ0v) is 10.6. The molecule has 1 N–H and O–H groups in total. The van der Waals surface area contributed by atoms with Gasteiger partial charge in [0.15, 0.2) is 0 Å². The molecule has 2 rings (SSSR count). The van der Waals surface area contributed by atoms with Gasteiger partial charge in [-0.25, -0.2) is 0 Å². The molecule has 1 fully saturated rings. The van der Waals surface area contributed by atoms with Crippen molar-refractivity contribution in [3.63, 3.8) is 0 Å². The van der Waals surface area contributed by atoms with Crippen molar-refractivity contribution >= 4 is 0 Å². The molecule has 1 aliphatic carbocycles. The summed E-state index contributed by atoms with van der Waals surface area (Å²) in [5, 5.41) is 3.65. The number of hydrogen-bond acceptors (Lipinski definition) is 2. The molecule has 16 heavy (non-hydrogen) atoms. The first-order valence-electron chi connectivity index (χ1n) is 6.48. The van der Waals surface area contributed by atoms with E-state index in [0.717, 1.165) is 24.1 Å². The summed E-state index contributed by atoms with van der Waals surface area (Å²) in [6.45, 7) is 7.67. The summed E-state index contributed by atoms with van der Waals surface area (Å²) in [6, 6.07) is 2.71. The van der Waals surface area contributed by atoms with Crippen LogP contribution in [0.4, 0.5) is 0 Å². The number of nitrogens with one attached hydrogen (secondary N) is 1. The Labute approximate surface area is 98.4 Å². The molecule has 90 valence electrons. The first-order valence-corrected chi connectivity index (χ1v) is 6.48. The van der Waals surface area contributed by atoms with Crippen molar-refractivity contribution < 1.29 is 4.42 Å². The van der Waals surface area contributed by atoms with E-state index in [2.05, 4.69) is 26.1 Å². The molecular weight excluding hydrogens is 198 g/mol. The third kappa shape index (κ3) is 2.32. The van der Waals surface area contributed by atoms with Gasteiger partial charge in [0.1, 0.15) is 5.76 Å². The summed E-state index contributed by atoms with van der Waals surface area (Å²) in [7, 11) is 0. The molecule has 1 saturated carbocycles. The Bertz CT molecular complexity index is 331. The van der Waals surface area contributed by atoms with Crippen LogP contribution in [0.2, 0.25) is 0 Å². The highest BCUT2D eigenvalue weighted by Crippen LogP contribution is 2.34. The van der Waals surface area contributed by atoms with E-state index in [4.69, 9.17) is 4.42 Å². The maximum atomic E-state index is 5.45. The second kappa shape index (κ2) is 5.05. The zero-order valence-electron chi connectivity index (χ0n) is 10.6. The van der Waals surface area contributed by atoms with Crippen molar-refractivity contribution in [2.24, 2.45) is 11.8 Å². The van der Waals surface area contributed by atoms with E-state index in [1.54, 1.807) is 6.26 Å². The predicted molar refractivity (Wildman–Crippen MR) is 66.3 cm³/mol. The zero-order chi connectivity index (χ0) is 11.5. The number of aryl methyl sites for hydroxylation is 1. The van der Waals surface area contributed by atoms with Gasteiger partial charge in [0.2, 0.25) is 0 Å². The van der Waals surface area contributed by atoms with E-state index in [0.29, 0.717) is 6.04 Å². The average Bonchev–Trinajstić information content (AvgIpc) is 2.83. The summed E-state index contributed by atoms with van der Waals surface area (Å²) < 4.78 is 5.45. The molecule has 0 saturated heterocycles. The summed E-state index contributed by atoms with van der Waals surface area (Å²) >= 11 is 0. The monoisotopic (exact) mass is 221 g/mol. The minimum absolute atomic E-state index is 0.675. The van der Waals surface area contributed by atoms with Crippen LogP contribution in [0.25, 0.3) is 0 Å². The predicted octanol–water partition coefficient (Wildman–Crippen LogP) is 3.50. The summed E-state index contributed by atoms with van der Waals surface area (Å²) in [6.07, 6.45) is 5.80. The largest absolute Gasteiger partial charge is 0.468 e. The fraction of sp³-hybridized carbons (Fsp3) is 0.714. The maximum Gasteiger partial charge on any atom is 0.120 e. The second-order valence-corrected chi connectivity index (χ2v) is 5.12. The van der Waals surface area contributed by atoms with Crippen LogP contribution in [0.5, 0.6) is 0 Å². The molecule has 0 aromatic carbocycles. The van der Waals surface area contributed by atoms with Crippen LogP contribution in [0.3, 0.4) is 0 Å². The highest BCUT2D eigenvalue weighted by Gasteiger charge is 2.31. The highest BCUT2D eigenvalue weighted by molar-refractivity contribution is 5.14. The third-order valence-electron chi connectivity index (χ3n) is 4.24. The van der Waals surface area contributed by atoms with Gasteiger partial charge in [-0.2, -0.15) is 0 Å². The van der Waals surface area contributed by atoms with Crippen molar-refractivity contribution in [3.8, 4) is 0 Å². The lowest BCUT2D eigenvalue weighted by Gasteiger charge is -2.20. The minimum atomic E-state index is 0.675. The van der Waals surface area contributed by atoms with E-state index in [-0.39, 0.29) is 0 Å². The molecule has 0 radical (unpaired) electrons. The van der Waals surface area contributed by atoms with E-state index < -0.39 is 0 Å². The molecule has 3 unspecified atom stereocenters. The maximum absolute atomic E-state index is 5.45. The standard InChI is InChI=1S/C14H23NO/c1-4-12-5-6-13(11(12)3)15-9-14-10(2)7-8-16-14/h7-8,11-13,15H,4-6,9H2,1-3H3. The molecular formula is C14H23NO. The summed E-state index contributed by atoms with van der Waals surface area (Å²) in [5.41, 5.74) is 1.25. The van der Waals surface area contributed by atoms with Crippen LogP contribution in [0, 0.1) is 18.8 Å². The van der Waals surface area contributed by atoms with E-state index in [9.17, 15) is 0 Å². The fourth-order valence-corrected chi connectivity index (χ4v) is 2.92. The molecule has 1 aliphatic rings. The van der Waals surface area contributed by atoms with Gasteiger partial charge in [-0.15, -0.1) is 0 Å². The first-order chi connectivity index (χ1) is 7.72. The smallest absolute Gasteiger partial charge is 0.120 e. The molecule has 1 aromatic heterocycles.